The number of benzene rings is 1. The molecular formula is C15H23NO5. The Kier molecular flexibility index (Phi) is 6.25. The van der Waals surface area contributed by atoms with Crippen LogP contribution in [-0.2, 0) is 0 Å². The van der Waals surface area contributed by atoms with Gasteiger partial charge in [-0.3, -0.25) is 4.90 Å². The van der Waals surface area contributed by atoms with Crippen molar-refractivity contribution >= 4 is 0 Å². The Morgan fingerprint density at radius 3 is 2.38 bits per heavy atom. The molecule has 1 aromatic rings. The first-order chi connectivity index (χ1) is 10.2. The maximum atomic E-state index is 10.3. The molecule has 1 unspecified atom stereocenters. The van der Waals surface area contributed by atoms with Gasteiger partial charge in [0.2, 0.25) is 0 Å². The third-order valence-electron chi connectivity index (χ3n) is 3.42. The van der Waals surface area contributed by atoms with Crippen LogP contribution in [0, 0.1) is 0 Å². The first kappa shape index (κ1) is 16.0. The SMILES string of the molecule is OCCN(CCO)CC(O)c1ccc2c(c1)OCCCO2. The van der Waals surface area contributed by atoms with Gasteiger partial charge in [0.25, 0.3) is 0 Å². The fourth-order valence-corrected chi connectivity index (χ4v) is 2.31. The van der Waals surface area contributed by atoms with Gasteiger partial charge in [-0.1, -0.05) is 6.07 Å². The molecule has 3 N–H and O–H groups in total. The minimum atomic E-state index is -0.708. The average molecular weight is 297 g/mol. The van der Waals surface area contributed by atoms with Crippen LogP contribution >= 0.6 is 0 Å². The van der Waals surface area contributed by atoms with E-state index in [1.165, 1.54) is 0 Å². The van der Waals surface area contributed by atoms with Crippen LogP contribution in [0.1, 0.15) is 18.1 Å². The zero-order chi connectivity index (χ0) is 15.1. The normalized spacial score (nSPS) is 15.8. The number of hydrogen-bond acceptors (Lipinski definition) is 6. The van der Waals surface area contributed by atoms with E-state index in [-0.39, 0.29) is 13.2 Å². The molecule has 6 heteroatoms. The molecule has 0 amide bonds. The van der Waals surface area contributed by atoms with E-state index < -0.39 is 6.10 Å². The lowest BCUT2D eigenvalue weighted by Gasteiger charge is -2.24. The fourth-order valence-electron chi connectivity index (χ4n) is 2.31. The highest BCUT2D eigenvalue weighted by atomic mass is 16.5. The van der Waals surface area contributed by atoms with Crippen molar-refractivity contribution in [2.75, 3.05) is 46.1 Å². The van der Waals surface area contributed by atoms with E-state index >= 15 is 0 Å². The second-order valence-corrected chi connectivity index (χ2v) is 5.02. The van der Waals surface area contributed by atoms with Crippen LogP contribution in [0.3, 0.4) is 0 Å². The number of rotatable bonds is 7. The molecule has 21 heavy (non-hydrogen) atoms. The monoisotopic (exact) mass is 297 g/mol. The molecule has 118 valence electrons. The van der Waals surface area contributed by atoms with Crippen LogP contribution in [0.25, 0.3) is 0 Å². The van der Waals surface area contributed by atoms with Crippen molar-refractivity contribution in [3.63, 3.8) is 0 Å². The highest BCUT2D eigenvalue weighted by molar-refractivity contribution is 5.44. The molecule has 0 saturated heterocycles. The third kappa shape index (κ3) is 4.57. The number of nitrogens with zero attached hydrogens (tertiary/aromatic N) is 1. The lowest BCUT2D eigenvalue weighted by molar-refractivity contribution is 0.0872. The van der Waals surface area contributed by atoms with Crippen molar-refractivity contribution < 1.29 is 24.8 Å². The maximum Gasteiger partial charge on any atom is 0.161 e. The van der Waals surface area contributed by atoms with Crippen molar-refractivity contribution in [2.45, 2.75) is 12.5 Å². The molecule has 1 heterocycles. The van der Waals surface area contributed by atoms with E-state index in [1.54, 1.807) is 6.07 Å². The maximum absolute atomic E-state index is 10.3. The fraction of sp³-hybridized carbons (Fsp3) is 0.600. The summed E-state index contributed by atoms with van der Waals surface area (Å²) in [6.45, 7) is 2.41. The van der Waals surface area contributed by atoms with E-state index in [9.17, 15) is 5.11 Å². The Balaban J connectivity index is 2.04. The second-order valence-electron chi connectivity index (χ2n) is 5.02. The van der Waals surface area contributed by atoms with E-state index in [2.05, 4.69) is 0 Å². The molecule has 1 aromatic carbocycles. The topological polar surface area (TPSA) is 82.4 Å². The van der Waals surface area contributed by atoms with Crippen molar-refractivity contribution in [2.24, 2.45) is 0 Å². The van der Waals surface area contributed by atoms with Gasteiger partial charge in [0.05, 0.1) is 32.5 Å². The molecule has 2 rings (SSSR count). The standard InChI is InChI=1S/C15H23NO5/c17-6-4-16(5-7-18)11-13(19)12-2-3-14-15(10-12)21-9-1-8-20-14/h2-3,10,13,17-19H,1,4-9,11H2. The number of aliphatic hydroxyl groups is 3. The van der Waals surface area contributed by atoms with Gasteiger partial charge in [0.15, 0.2) is 11.5 Å². The third-order valence-corrected chi connectivity index (χ3v) is 3.42. The van der Waals surface area contributed by atoms with E-state index in [4.69, 9.17) is 19.7 Å². The Morgan fingerprint density at radius 2 is 1.71 bits per heavy atom. The van der Waals surface area contributed by atoms with Gasteiger partial charge in [0, 0.05) is 26.1 Å². The highest BCUT2D eigenvalue weighted by Gasteiger charge is 2.17. The van der Waals surface area contributed by atoms with Crippen LogP contribution < -0.4 is 9.47 Å². The summed E-state index contributed by atoms with van der Waals surface area (Å²) in [4.78, 5) is 1.81. The van der Waals surface area contributed by atoms with Crippen molar-refractivity contribution in [3.05, 3.63) is 23.8 Å². The molecule has 0 aromatic heterocycles. The highest BCUT2D eigenvalue weighted by Crippen LogP contribution is 2.32. The summed E-state index contributed by atoms with van der Waals surface area (Å²) in [6, 6.07) is 5.41. The molecule has 1 aliphatic heterocycles. The van der Waals surface area contributed by atoms with Crippen LogP contribution in [0.2, 0.25) is 0 Å². The second kappa shape index (κ2) is 8.19. The van der Waals surface area contributed by atoms with E-state index in [1.807, 2.05) is 17.0 Å². The Morgan fingerprint density at radius 1 is 1.05 bits per heavy atom. The molecule has 1 aliphatic rings. The molecule has 0 saturated carbocycles. The van der Waals surface area contributed by atoms with Crippen LogP contribution in [0.5, 0.6) is 11.5 Å². The number of hydrogen-bond donors (Lipinski definition) is 3. The number of ether oxygens (including phenoxy) is 2. The summed E-state index contributed by atoms with van der Waals surface area (Å²) in [5, 5.41) is 28.3. The minimum absolute atomic E-state index is 0.00609. The summed E-state index contributed by atoms with van der Waals surface area (Å²) in [5.74, 6) is 1.35. The van der Waals surface area contributed by atoms with Crippen LogP contribution in [-0.4, -0.2) is 66.3 Å². The lowest BCUT2D eigenvalue weighted by Crippen LogP contribution is -2.33. The molecular weight excluding hydrogens is 274 g/mol. The molecule has 0 bridgehead atoms. The first-order valence-corrected chi connectivity index (χ1v) is 7.26. The Labute approximate surface area is 124 Å². The summed E-state index contributed by atoms with van der Waals surface area (Å²) in [6.07, 6.45) is 0.133. The largest absolute Gasteiger partial charge is 0.490 e. The van der Waals surface area contributed by atoms with Gasteiger partial charge >= 0.3 is 0 Å². The zero-order valence-corrected chi connectivity index (χ0v) is 12.1. The van der Waals surface area contributed by atoms with E-state index in [0.717, 1.165) is 12.0 Å². The predicted octanol–water partition coefficient (Wildman–Crippen LogP) is 0.168. The van der Waals surface area contributed by atoms with E-state index in [0.29, 0.717) is 44.3 Å². The predicted molar refractivity (Wildman–Crippen MR) is 77.6 cm³/mol. The smallest absolute Gasteiger partial charge is 0.161 e. The summed E-state index contributed by atoms with van der Waals surface area (Å²) >= 11 is 0. The molecule has 0 radical (unpaired) electrons. The lowest BCUT2D eigenvalue weighted by atomic mass is 10.1. The molecule has 1 atom stereocenters. The minimum Gasteiger partial charge on any atom is -0.490 e. The summed E-state index contributed by atoms with van der Waals surface area (Å²) in [7, 11) is 0. The van der Waals surface area contributed by atoms with Gasteiger partial charge < -0.3 is 24.8 Å². The van der Waals surface area contributed by atoms with Gasteiger partial charge in [-0.2, -0.15) is 0 Å². The first-order valence-electron chi connectivity index (χ1n) is 7.26. The van der Waals surface area contributed by atoms with Gasteiger partial charge in [-0.05, 0) is 17.7 Å². The summed E-state index contributed by atoms with van der Waals surface area (Å²) < 4.78 is 11.2. The molecule has 0 fully saturated rings. The Hall–Kier alpha value is -1.34. The zero-order valence-electron chi connectivity index (χ0n) is 12.1. The van der Waals surface area contributed by atoms with Gasteiger partial charge in [-0.25, -0.2) is 0 Å². The number of aliphatic hydroxyl groups excluding tert-OH is 3. The van der Waals surface area contributed by atoms with Crippen molar-refractivity contribution in [1.29, 1.82) is 0 Å². The Bertz CT molecular complexity index is 434. The molecule has 0 spiro atoms. The van der Waals surface area contributed by atoms with Crippen molar-refractivity contribution in [1.82, 2.24) is 4.90 Å². The summed E-state index contributed by atoms with van der Waals surface area (Å²) in [5.41, 5.74) is 0.736. The average Bonchev–Trinajstić information content (AvgIpc) is 2.72. The number of fused-ring (bicyclic) bond motifs is 1. The molecule has 0 aliphatic carbocycles. The quantitative estimate of drug-likeness (QED) is 0.665. The van der Waals surface area contributed by atoms with Gasteiger partial charge in [-0.15, -0.1) is 0 Å². The van der Waals surface area contributed by atoms with Gasteiger partial charge in [0.1, 0.15) is 0 Å². The van der Waals surface area contributed by atoms with Crippen LogP contribution in [0.15, 0.2) is 18.2 Å². The molecule has 6 nitrogen and oxygen atoms in total. The van der Waals surface area contributed by atoms with Crippen molar-refractivity contribution in [3.8, 4) is 11.5 Å². The van der Waals surface area contributed by atoms with Crippen LogP contribution in [0.4, 0.5) is 0 Å².